The first-order valence-electron chi connectivity index (χ1n) is 11.0. The summed E-state index contributed by atoms with van der Waals surface area (Å²) in [5.74, 6) is 1.11. The van der Waals surface area contributed by atoms with Crippen LogP contribution in [0, 0.1) is 11.8 Å². The van der Waals surface area contributed by atoms with Gasteiger partial charge in [0.15, 0.2) is 0 Å². The molecule has 0 aromatic heterocycles. The quantitative estimate of drug-likeness (QED) is 0.824. The second-order valence-corrected chi connectivity index (χ2v) is 8.64. The fourth-order valence-electron chi connectivity index (χ4n) is 5.07. The molecule has 5 heteroatoms. The van der Waals surface area contributed by atoms with Crippen LogP contribution in [0.2, 0.25) is 0 Å². The highest BCUT2D eigenvalue weighted by molar-refractivity contribution is 5.90. The number of amides is 2. The molecule has 5 nitrogen and oxygen atoms in total. The van der Waals surface area contributed by atoms with E-state index in [-0.39, 0.29) is 24.0 Å². The smallest absolute Gasteiger partial charge is 0.225 e. The van der Waals surface area contributed by atoms with Crippen LogP contribution in [0.1, 0.15) is 70.0 Å². The van der Waals surface area contributed by atoms with E-state index in [0.717, 1.165) is 56.4 Å². The zero-order valence-corrected chi connectivity index (χ0v) is 16.9. The molecule has 1 N–H and O–H groups in total. The third-order valence-electron chi connectivity index (χ3n) is 6.56. The molecule has 0 bridgehead atoms. The predicted molar refractivity (Wildman–Crippen MR) is 109 cm³/mol. The zero-order chi connectivity index (χ0) is 19.5. The van der Waals surface area contributed by atoms with Crippen molar-refractivity contribution in [3.05, 3.63) is 29.8 Å². The number of hydrogen-bond acceptors (Lipinski definition) is 3. The summed E-state index contributed by atoms with van der Waals surface area (Å²) < 4.78 is 6.36. The summed E-state index contributed by atoms with van der Waals surface area (Å²) in [5, 5.41) is 2.98. The van der Waals surface area contributed by atoms with Gasteiger partial charge in [0, 0.05) is 37.0 Å². The Balaban J connectivity index is 1.37. The van der Waals surface area contributed by atoms with E-state index in [0.29, 0.717) is 18.2 Å². The Labute approximate surface area is 167 Å². The molecule has 4 rings (SSSR count). The molecule has 0 spiro atoms. The summed E-state index contributed by atoms with van der Waals surface area (Å²) in [4.78, 5) is 26.8. The molecule has 2 saturated heterocycles. The molecule has 0 radical (unpaired) electrons. The maximum absolute atomic E-state index is 12.8. The topological polar surface area (TPSA) is 58.6 Å². The molecule has 3 aliphatic rings. The molecule has 1 aromatic carbocycles. The van der Waals surface area contributed by atoms with Gasteiger partial charge >= 0.3 is 0 Å². The van der Waals surface area contributed by atoms with E-state index in [1.807, 2.05) is 25.1 Å². The second kappa shape index (κ2) is 8.64. The second-order valence-electron chi connectivity index (χ2n) is 8.64. The summed E-state index contributed by atoms with van der Waals surface area (Å²) in [6.07, 6.45) is 8.11. The first-order chi connectivity index (χ1) is 13.6. The van der Waals surface area contributed by atoms with Crippen molar-refractivity contribution in [3.63, 3.8) is 0 Å². The zero-order valence-electron chi connectivity index (χ0n) is 16.9. The lowest BCUT2D eigenvalue weighted by Gasteiger charge is -2.35. The highest BCUT2D eigenvalue weighted by Crippen LogP contribution is 2.42. The molecule has 152 valence electrons. The first-order valence-corrected chi connectivity index (χ1v) is 11.0. The average Bonchev–Trinajstić information content (AvgIpc) is 3.37. The normalized spacial score (nSPS) is 27.6. The number of piperidine rings is 1. The van der Waals surface area contributed by atoms with Crippen LogP contribution in [-0.4, -0.2) is 35.9 Å². The first kappa shape index (κ1) is 19.4. The van der Waals surface area contributed by atoms with Gasteiger partial charge in [0.1, 0.15) is 0 Å². The lowest BCUT2D eigenvalue weighted by Crippen LogP contribution is -2.46. The highest BCUT2D eigenvalue weighted by Gasteiger charge is 2.41. The van der Waals surface area contributed by atoms with Crippen LogP contribution in [0.3, 0.4) is 0 Å². The Morgan fingerprint density at radius 2 is 2.04 bits per heavy atom. The lowest BCUT2D eigenvalue weighted by atomic mass is 9.90. The summed E-state index contributed by atoms with van der Waals surface area (Å²) >= 11 is 0. The number of ether oxygens (including phenoxy) is 1. The van der Waals surface area contributed by atoms with Crippen molar-refractivity contribution in [1.82, 2.24) is 4.90 Å². The van der Waals surface area contributed by atoms with Crippen molar-refractivity contribution in [1.29, 1.82) is 0 Å². The van der Waals surface area contributed by atoms with E-state index in [4.69, 9.17) is 4.74 Å². The minimum absolute atomic E-state index is 0.0551. The molecule has 1 saturated carbocycles. The summed E-state index contributed by atoms with van der Waals surface area (Å²) in [6.45, 7) is 3.67. The van der Waals surface area contributed by atoms with E-state index in [1.165, 1.54) is 12.8 Å². The van der Waals surface area contributed by atoms with Crippen LogP contribution in [0.5, 0.6) is 0 Å². The van der Waals surface area contributed by atoms with Gasteiger partial charge < -0.3 is 15.0 Å². The number of hydrogen-bond donors (Lipinski definition) is 1. The molecule has 2 heterocycles. The fraction of sp³-hybridized carbons (Fsp3) is 0.652. The predicted octanol–water partition coefficient (Wildman–Crippen LogP) is 4.29. The maximum Gasteiger partial charge on any atom is 0.225 e. The lowest BCUT2D eigenvalue weighted by molar-refractivity contribution is -0.138. The molecule has 3 fully saturated rings. The van der Waals surface area contributed by atoms with Crippen LogP contribution in [0.25, 0.3) is 0 Å². The van der Waals surface area contributed by atoms with Gasteiger partial charge in [-0.25, -0.2) is 0 Å². The molecule has 1 aromatic rings. The fourth-order valence-corrected chi connectivity index (χ4v) is 5.07. The maximum atomic E-state index is 12.8. The Morgan fingerprint density at radius 3 is 2.82 bits per heavy atom. The van der Waals surface area contributed by atoms with Crippen LogP contribution >= 0.6 is 0 Å². The molecule has 2 amide bonds. The van der Waals surface area contributed by atoms with Gasteiger partial charge in [0.2, 0.25) is 11.8 Å². The number of carbonyl (C=O) groups is 2. The summed E-state index contributed by atoms with van der Waals surface area (Å²) in [7, 11) is 0. The third-order valence-corrected chi connectivity index (χ3v) is 6.56. The number of nitrogens with zero attached hydrogens (tertiary/aromatic N) is 1. The van der Waals surface area contributed by atoms with E-state index in [1.54, 1.807) is 0 Å². The molecule has 1 aliphatic carbocycles. The number of fused-ring (bicyclic) bond motifs is 1. The third kappa shape index (κ3) is 4.24. The largest absolute Gasteiger partial charge is 0.370 e. The summed E-state index contributed by atoms with van der Waals surface area (Å²) in [5.41, 5.74) is 1.96. The van der Waals surface area contributed by atoms with Crippen molar-refractivity contribution < 1.29 is 14.3 Å². The highest BCUT2D eigenvalue weighted by atomic mass is 16.5. The van der Waals surface area contributed by atoms with Crippen LogP contribution < -0.4 is 5.32 Å². The molecule has 2 aliphatic heterocycles. The van der Waals surface area contributed by atoms with Crippen molar-refractivity contribution >= 4 is 17.5 Å². The number of anilines is 1. The van der Waals surface area contributed by atoms with Gasteiger partial charge in [-0.2, -0.15) is 0 Å². The Bertz CT molecular complexity index is 714. The molecular formula is C23H32N2O3. The van der Waals surface area contributed by atoms with Gasteiger partial charge in [-0.05, 0) is 49.8 Å². The molecule has 3 unspecified atom stereocenters. The standard InChI is InChI=1S/C23H32N2O3/c1-2-6-22(26)24-19-10-5-9-17(13-19)21-14-18-15-25(12-11-20(18)28-21)23(27)16-7-3-4-8-16/h5,9-10,13,16,18,20-21H,2-4,6-8,11-12,14-15H2,1H3,(H,24,26). The number of carbonyl (C=O) groups excluding carboxylic acids is 2. The SMILES string of the molecule is CCCC(=O)Nc1cccc(C2CC3CN(C(=O)C4CCCC4)CCC3O2)c1. The van der Waals surface area contributed by atoms with Crippen molar-refractivity contribution in [2.45, 2.75) is 70.5 Å². The van der Waals surface area contributed by atoms with E-state index >= 15 is 0 Å². The van der Waals surface area contributed by atoms with Gasteiger partial charge in [-0.15, -0.1) is 0 Å². The van der Waals surface area contributed by atoms with E-state index in [2.05, 4.69) is 16.3 Å². The Hall–Kier alpha value is -1.88. The number of likely N-dealkylation sites (tertiary alicyclic amines) is 1. The monoisotopic (exact) mass is 384 g/mol. The minimum atomic E-state index is 0.0551. The number of rotatable bonds is 5. The van der Waals surface area contributed by atoms with Crippen molar-refractivity contribution in [2.24, 2.45) is 11.8 Å². The van der Waals surface area contributed by atoms with Crippen molar-refractivity contribution in [3.8, 4) is 0 Å². The molecule has 3 atom stereocenters. The number of benzene rings is 1. The summed E-state index contributed by atoms with van der Waals surface area (Å²) in [6, 6.07) is 8.04. The van der Waals surface area contributed by atoms with Crippen LogP contribution in [-0.2, 0) is 14.3 Å². The molecular weight excluding hydrogens is 352 g/mol. The van der Waals surface area contributed by atoms with Gasteiger partial charge in [0.05, 0.1) is 12.2 Å². The molecule has 28 heavy (non-hydrogen) atoms. The van der Waals surface area contributed by atoms with E-state index in [9.17, 15) is 9.59 Å². The van der Waals surface area contributed by atoms with Crippen molar-refractivity contribution in [2.75, 3.05) is 18.4 Å². The van der Waals surface area contributed by atoms with Crippen LogP contribution in [0.4, 0.5) is 5.69 Å². The van der Waals surface area contributed by atoms with Gasteiger partial charge in [0.25, 0.3) is 0 Å². The van der Waals surface area contributed by atoms with Crippen LogP contribution in [0.15, 0.2) is 24.3 Å². The van der Waals surface area contributed by atoms with Gasteiger partial charge in [-0.3, -0.25) is 9.59 Å². The van der Waals surface area contributed by atoms with E-state index < -0.39 is 0 Å². The number of nitrogens with one attached hydrogen (secondary N) is 1. The Morgan fingerprint density at radius 1 is 1.21 bits per heavy atom. The Kier molecular flexibility index (Phi) is 6.00. The minimum Gasteiger partial charge on any atom is -0.370 e. The average molecular weight is 385 g/mol. The van der Waals surface area contributed by atoms with Gasteiger partial charge in [-0.1, -0.05) is 31.9 Å².